The van der Waals surface area contributed by atoms with Crippen molar-refractivity contribution in [3.8, 4) is 0 Å². The Labute approximate surface area is 127 Å². The third kappa shape index (κ3) is 2.59. The van der Waals surface area contributed by atoms with Crippen LogP contribution < -0.4 is 11.0 Å². The van der Waals surface area contributed by atoms with Crippen molar-refractivity contribution in [2.24, 2.45) is 0 Å². The highest BCUT2D eigenvalue weighted by Gasteiger charge is 2.09. The Bertz CT molecular complexity index is 897. The second kappa shape index (κ2) is 5.17. The zero-order chi connectivity index (χ0) is 15.0. The first kappa shape index (κ1) is 13.6. The molecule has 0 saturated carbocycles. The molecule has 3 rings (SSSR count). The highest BCUT2D eigenvalue weighted by molar-refractivity contribution is 9.10. The number of amides is 1. The van der Waals surface area contributed by atoms with Crippen LogP contribution in [0.3, 0.4) is 0 Å². The second-order valence-corrected chi connectivity index (χ2v) is 5.45. The zero-order valence-corrected chi connectivity index (χ0v) is 12.6. The summed E-state index contributed by atoms with van der Waals surface area (Å²) in [6.45, 7) is 1.94. The summed E-state index contributed by atoms with van der Waals surface area (Å²) in [6.07, 6.45) is 1.46. The van der Waals surface area contributed by atoms with Crippen molar-refractivity contribution in [1.82, 2.24) is 14.6 Å². The molecule has 106 valence electrons. The number of carbonyl (C=O) groups is 1. The van der Waals surface area contributed by atoms with Crippen LogP contribution in [-0.4, -0.2) is 20.5 Å². The molecule has 0 unspecified atom stereocenters. The molecule has 0 saturated heterocycles. The van der Waals surface area contributed by atoms with Gasteiger partial charge in [0.25, 0.3) is 5.91 Å². The summed E-state index contributed by atoms with van der Waals surface area (Å²) >= 11 is 3.41. The number of rotatable bonds is 2. The number of pyridine rings is 1. The molecule has 21 heavy (non-hydrogen) atoms. The maximum Gasteiger partial charge on any atom is 0.347 e. The van der Waals surface area contributed by atoms with Crippen LogP contribution >= 0.6 is 15.9 Å². The van der Waals surface area contributed by atoms with Gasteiger partial charge in [-0.25, -0.2) is 14.3 Å². The Balaban J connectivity index is 1.91. The van der Waals surface area contributed by atoms with Crippen LogP contribution in [0.4, 0.5) is 5.69 Å². The van der Waals surface area contributed by atoms with E-state index in [1.807, 2.05) is 19.1 Å². The van der Waals surface area contributed by atoms with E-state index in [1.165, 1.54) is 10.6 Å². The standard InChI is InChI=1S/C14H11BrN4O2/c1-8-6-10(3-4-11(8)15)16-13(20)9-2-5-12-17-18-14(21)19(12)7-9/h2-7H,1H3,(H,16,20)(H,18,21). The molecule has 0 bridgehead atoms. The van der Waals surface area contributed by atoms with Crippen LogP contribution in [0.2, 0.25) is 0 Å². The van der Waals surface area contributed by atoms with Crippen LogP contribution in [0.1, 0.15) is 15.9 Å². The van der Waals surface area contributed by atoms with Gasteiger partial charge in [-0.3, -0.25) is 4.79 Å². The summed E-state index contributed by atoms with van der Waals surface area (Å²) in [7, 11) is 0. The Hall–Kier alpha value is -2.41. The summed E-state index contributed by atoms with van der Waals surface area (Å²) in [5.41, 5.74) is 2.19. The average Bonchev–Trinajstić information content (AvgIpc) is 2.84. The molecule has 2 aromatic heterocycles. The third-order valence-electron chi connectivity index (χ3n) is 3.09. The lowest BCUT2D eigenvalue weighted by molar-refractivity contribution is 0.102. The van der Waals surface area contributed by atoms with Crippen LogP contribution in [0.15, 0.2) is 45.8 Å². The van der Waals surface area contributed by atoms with E-state index < -0.39 is 0 Å². The predicted octanol–water partition coefficient (Wildman–Crippen LogP) is 2.35. The SMILES string of the molecule is Cc1cc(NC(=O)c2ccc3n[nH]c(=O)n3c2)ccc1Br. The number of nitrogens with one attached hydrogen (secondary N) is 2. The van der Waals surface area contributed by atoms with Crippen LogP contribution in [0, 0.1) is 6.92 Å². The van der Waals surface area contributed by atoms with E-state index in [0.29, 0.717) is 16.9 Å². The van der Waals surface area contributed by atoms with E-state index in [2.05, 4.69) is 31.4 Å². The number of benzene rings is 1. The fourth-order valence-corrected chi connectivity index (χ4v) is 2.21. The molecule has 0 fully saturated rings. The molecule has 3 aromatic rings. The fourth-order valence-electron chi connectivity index (χ4n) is 1.97. The molecular weight excluding hydrogens is 336 g/mol. The molecule has 0 aliphatic heterocycles. The molecule has 2 heterocycles. The van der Waals surface area contributed by atoms with Gasteiger partial charge in [-0.1, -0.05) is 15.9 Å². The van der Waals surface area contributed by atoms with Crippen molar-refractivity contribution < 1.29 is 4.79 Å². The number of carbonyl (C=O) groups excluding carboxylic acids is 1. The largest absolute Gasteiger partial charge is 0.347 e. The molecule has 0 radical (unpaired) electrons. The van der Waals surface area contributed by atoms with Crippen molar-refractivity contribution in [2.75, 3.05) is 5.32 Å². The van der Waals surface area contributed by atoms with Crippen molar-refractivity contribution in [2.45, 2.75) is 6.92 Å². The summed E-state index contributed by atoms with van der Waals surface area (Å²) in [4.78, 5) is 23.7. The van der Waals surface area contributed by atoms with Gasteiger partial charge in [-0.2, -0.15) is 5.10 Å². The van der Waals surface area contributed by atoms with E-state index in [0.717, 1.165) is 10.0 Å². The number of halogens is 1. The molecule has 0 spiro atoms. The number of aryl methyl sites for hydroxylation is 1. The topological polar surface area (TPSA) is 79.3 Å². The van der Waals surface area contributed by atoms with Gasteiger partial charge in [0, 0.05) is 16.4 Å². The van der Waals surface area contributed by atoms with E-state index in [9.17, 15) is 9.59 Å². The Morgan fingerprint density at radius 2 is 2.14 bits per heavy atom. The quantitative estimate of drug-likeness (QED) is 0.747. The van der Waals surface area contributed by atoms with Crippen LogP contribution in [0.5, 0.6) is 0 Å². The first-order chi connectivity index (χ1) is 10.0. The second-order valence-electron chi connectivity index (χ2n) is 4.59. The molecule has 0 aliphatic rings. The molecular formula is C14H11BrN4O2. The predicted molar refractivity (Wildman–Crippen MR) is 82.6 cm³/mol. The van der Waals surface area contributed by atoms with Crippen LogP contribution in [0.25, 0.3) is 5.65 Å². The first-order valence-electron chi connectivity index (χ1n) is 6.19. The lowest BCUT2D eigenvalue weighted by atomic mass is 10.2. The first-order valence-corrected chi connectivity index (χ1v) is 6.98. The Morgan fingerprint density at radius 3 is 2.90 bits per heavy atom. The van der Waals surface area contributed by atoms with Gasteiger partial charge in [-0.15, -0.1) is 0 Å². The molecule has 2 N–H and O–H groups in total. The van der Waals surface area contributed by atoms with Crippen molar-refractivity contribution in [3.05, 3.63) is 62.6 Å². The molecule has 1 amide bonds. The van der Waals surface area contributed by atoms with Gasteiger partial charge in [0.1, 0.15) is 0 Å². The number of aromatic amines is 1. The number of fused-ring (bicyclic) bond motifs is 1. The fraction of sp³-hybridized carbons (Fsp3) is 0.0714. The summed E-state index contributed by atoms with van der Waals surface area (Å²) in [6, 6.07) is 8.77. The smallest absolute Gasteiger partial charge is 0.322 e. The van der Waals surface area contributed by atoms with Gasteiger partial charge in [-0.05, 0) is 42.8 Å². The number of nitrogens with zero attached hydrogens (tertiary/aromatic N) is 2. The number of aromatic nitrogens is 3. The highest BCUT2D eigenvalue weighted by Crippen LogP contribution is 2.20. The lowest BCUT2D eigenvalue weighted by Crippen LogP contribution is -2.15. The van der Waals surface area contributed by atoms with Crippen molar-refractivity contribution in [1.29, 1.82) is 0 Å². The average molecular weight is 347 g/mol. The van der Waals surface area contributed by atoms with Crippen LogP contribution in [-0.2, 0) is 0 Å². The molecule has 6 nitrogen and oxygen atoms in total. The molecule has 0 atom stereocenters. The summed E-state index contributed by atoms with van der Waals surface area (Å²) in [5.74, 6) is -0.285. The van der Waals surface area contributed by atoms with E-state index >= 15 is 0 Å². The number of hydrogen-bond donors (Lipinski definition) is 2. The number of anilines is 1. The highest BCUT2D eigenvalue weighted by atomic mass is 79.9. The van der Waals surface area contributed by atoms with Crippen molar-refractivity contribution >= 4 is 33.2 Å². The zero-order valence-electron chi connectivity index (χ0n) is 11.1. The third-order valence-corrected chi connectivity index (χ3v) is 3.98. The van der Waals surface area contributed by atoms with Gasteiger partial charge in [0.05, 0.1) is 5.56 Å². The number of H-pyrrole nitrogens is 1. The minimum absolute atomic E-state index is 0.285. The molecule has 0 aliphatic carbocycles. The Morgan fingerprint density at radius 1 is 1.33 bits per heavy atom. The summed E-state index contributed by atoms with van der Waals surface area (Å²) in [5, 5.41) is 8.94. The minimum atomic E-state index is -0.376. The van der Waals surface area contributed by atoms with Crippen molar-refractivity contribution in [3.63, 3.8) is 0 Å². The monoisotopic (exact) mass is 346 g/mol. The van der Waals surface area contributed by atoms with E-state index in [-0.39, 0.29) is 11.6 Å². The van der Waals surface area contributed by atoms with Gasteiger partial charge in [0.2, 0.25) is 0 Å². The maximum absolute atomic E-state index is 12.2. The maximum atomic E-state index is 12.2. The van der Waals surface area contributed by atoms with Gasteiger partial charge >= 0.3 is 5.69 Å². The van der Waals surface area contributed by atoms with E-state index in [1.54, 1.807) is 18.2 Å². The van der Waals surface area contributed by atoms with Gasteiger partial charge in [0.15, 0.2) is 5.65 Å². The summed E-state index contributed by atoms with van der Waals surface area (Å²) < 4.78 is 2.27. The lowest BCUT2D eigenvalue weighted by Gasteiger charge is -2.07. The van der Waals surface area contributed by atoms with E-state index in [4.69, 9.17) is 0 Å². The molecule has 7 heteroatoms. The number of hydrogen-bond acceptors (Lipinski definition) is 3. The normalized spacial score (nSPS) is 10.8. The Kier molecular flexibility index (Phi) is 3.34. The van der Waals surface area contributed by atoms with Gasteiger partial charge < -0.3 is 5.32 Å². The minimum Gasteiger partial charge on any atom is -0.322 e. The molecule has 1 aromatic carbocycles.